The van der Waals surface area contributed by atoms with Crippen LogP contribution in [0.2, 0.25) is 6.04 Å². The maximum absolute atomic E-state index is 5.31. The monoisotopic (exact) mass is 233 g/mol. The van der Waals surface area contributed by atoms with Crippen LogP contribution < -0.4 is 5.32 Å². The summed E-state index contributed by atoms with van der Waals surface area (Å²) >= 11 is 0. The molecule has 0 unspecified atom stereocenters. The van der Waals surface area contributed by atoms with E-state index in [0.29, 0.717) is 0 Å². The molecule has 0 saturated heterocycles. The van der Waals surface area contributed by atoms with E-state index in [9.17, 15) is 0 Å². The van der Waals surface area contributed by atoms with Gasteiger partial charge in [-0.2, -0.15) is 0 Å². The molecule has 0 radical (unpaired) electrons. The number of hydrogen-bond acceptors (Lipinski definition) is 4. The van der Waals surface area contributed by atoms with Crippen LogP contribution in [0.15, 0.2) is 12.2 Å². The first kappa shape index (κ1) is 14.8. The predicted molar refractivity (Wildman–Crippen MR) is 63.9 cm³/mol. The van der Waals surface area contributed by atoms with Crippen molar-refractivity contribution in [2.75, 3.05) is 34.4 Å². The second-order valence-corrected chi connectivity index (χ2v) is 6.62. The van der Waals surface area contributed by atoms with E-state index in [1.165, 1.54) is 0 Å². The van der Waals surface area contributed by atoms with Crippen molar-refractivity contribution < 1.29 is 13.3 Å². The van der Waals surface area contributed by atoms with Gasteiger partial charge >= 0.3 is 8.80 Å². The van der Waals surface area contributed by atoms with Crippen molar-refractivity contribution in [2.45, 2.75) is 19.4 Å². The van der Waals surface area contributed by atoms with E-state index in [-0.39, 0.29) is 0 Å². The van der Waals surface area contributed by atoms with Crippen molar-refractivity contribution in [3.63, 3.8) is 0 Å². The number of rotatable bonds is 9. The van der Waals surface area contributed by atoms with Crippen molar-refractivity contribution >= 4 is 8.80 Å². The average molecular weight is 233 g/mol. The molecular formula is C10H23NO3Si. The van der Waals surface area contributed by atoms with E-state index in [1.54, 1.807) is 21.3 Å². The summed E-state index contributed by atoms with van der Waals surface area (Å²) in [5.41, 5.74) is 1.14. The quantitative estimate of drug-likeness (QED) is 0.371. The Bertz CT molecular complexity index is 175. The molecule has 0 rings (SSSR count). The molecule has 4 nitrogen and oxygen atoms in total. The molecule has 0 aliphatic rings. The third kappa shape index (κ3) is 6.06. The molecule has 0 aromatic heterocycles. The molecule has 0 aliphatic carbocycles. The Balaban J connectivity index is 3.67. The predicted octanol–water partition coefficient (Wildman–Crippen LogP) is 1.42. The normalized spacial score (nSPS) is 11.7. The van der Waals surface area contributed by atoms with E-state index in [1.807, 2.05) is 6.92 Å². The summed E-state index contributed by atoms with van der Waals surface area (Å²) in [5, 5.41) is 3.29. The summed E-state index contributed by atoms with van der Waals surface area (Å²) in [7, 11) is 2.56. The van der Waals surface area contributed by atoms with Crippen LogP contribution in [0.3, 0.4) is 0 Å². The zero-order valence-corrected chi connectivity index (χ0v) is 11.3. The van der Waals surface area contributed by atoms with Crippen LogP contribution in [0.1, 0.15) is 13.3 Å². The van der Waals surface area contributed by atoms with Gasteiger partial charge in [0.15, 0.2) is 0 Å². The highest BCUT2D eigenvalue weighted by molar-refractivity contribution is 6.60. The summed E-state index contributed by atoms with van der Waals surface area (Å²) in [6.07, 6.45) is 0.981. The highest BCUT2D eigenvalue weighted by Gasteiger charge is 2.36. The minimum Gasteiger partial charge on any atom is -0.377 e. The van der Waals surface area contributed by atoms with E-state index in [2.05, 4.69) is 11.9 Å². The van der Waals surface area contributed by atoms with Crippen molar-refractivity contribution in [1.29, 1.82) is 0 Å². The van der Waals surface area contributed by atoms with Crippen molar-refractivity contribution in [2.24, 2.45) is 0 Å². The fraction of sp³-hybridized carbons (Fsp3) is 0.800. The van der Waals surface area contributed by atoms with E-state index < -0.39 is 8.80 Å². The summed E-state index contributed by atoms with van der Waals surface area (Å²) in [6, 6.07) is 0.833. The molecule has 0 bridgehead atoms. The lowest BCUT2D eigenvalue weighted by molar-refractivity contribution is 0.123. The van der Waals surface area contributed by atoms with Gasteiger partial charge in [0.1, 0.15) is 0 Å². The van der Waals surface area contributed by atoms with Crippen molar-refractivity contribution in [1.82, 2.24) is 5.32 Å². The topological polar surface area (TPSA) is 39.7 Å². The minimum atomic E-state index is -2.36. The van der Waals surface area contributed by atoms with Gasteiger partial charge in [-0.3, -0.25) is 0 Å². The highest BCUT2D eigenvalue weighted by atomic mass is 28.4. The van der Waals surface area contributed by atoms with Crippen LogP contribution in [0.5, 0.6) is 0 Å². The maximum atomic E-state index is 5.31. The Morgan fingerprint density at radius 1 is 1.20 bits per heavy atom. The van der Waals surface area contributed by atoms with Crippen LogP contribution in [-0.2, 0) is 13.3 Å². The maximum Gasteiger partial charge on any atom is 0.500 e. The molecule has 0 heterocycles. The molecule has 0 atom stereocenters. The zero-order valence-electron chi connectivity index (χ0n) is 10.3. The van der Waals surface area contributed by atoms with Crippen molar-refractivity contribution in [3.05, 3.63) is 12.2 Å². The Kier molecular flexibility index (Phi) is 7.90. The van der Waals surface area contributed by atoms with E-state index in [4.69, 9.17) is 13.3 Å². The summed E-state index contributed by atoms with van der Waals surface area (Å²) in [6.45, 7) is 7.62. The van der Waals surface area contributed by atoms with E-state index in [0.717, 1.165) is 31.1 Å². The van der Waals surface area contributed by atoms with Gasteiger partial charge < -0.3 is 18.6 Å². The van der Waals surface area contributed by atoms with Gasteiger partial charge in [-0.1, -0.05) is 12.2 Å². The third-order valence-corrected chi connectivity index (χ3v) is 5.03. The molecule has 0 saturated carbocycles. The molecule has 1 N–H and O–H groups in total. The Labute approximate surface area is 94.0 Å². The number of hydrogen-bond donors (Lipinski definition) is 1. The first-order valence-electron chi connectivity index (χ1n) is 5.10. The Morgan fingerprint density at radius 3 is 2.13 bits per heavy atom. The first-order valence-corrected chi connectivity index (χ1v) is 7.04. The van der Waals surface area contributed by atoms with Gasteiger partial charge in [0, 0.05) is 33.9 Å². The second kappa shape index (κ2) is 8.01. The standard InChI is InChI=1S/C10H23NO3Si/c1-10(2)9-11-7-6-8-15(12-3,13-4)14-5/h11H,1,6-9H2,2-5H3. The van der Waals surface area contributed by atoms with Crippen molar-refractivity contribution in [3.8, 4) is 0 Å². The van der Waals surface area contributed by atoms with Crippen LogP contribution in [0.4, 0.5) is 0 Å². The molecule has 90 valence electrons. The van der Waals surface area contributed by atoms with Crippen LogP contribution in [0.25, 0.3) is 0 Å². The Hall–Kier alpha value is -0.203. The van der Waals surface area contributed by atoms with Gasteiger partial charge in [0.05, 0.1) is 0 Å². The van der Waals surface area contributed by atoms with Crippen LogP contribution in [-0.4, -0.2) is 43.2 Å². The Morgan fingerprint density at radius 2 is 1.73 bits per heavy atom. The van der Waals surface area contributed by atoms with Gasteiger partial charge in [0.25, 0.3) is 0 Å². The lowest BCUT2D eigenvalue weighted by atomic mass is 10.3. The number of nitrogens with one attached hydrogen (secondary N) is 1. The molecule has 0 aromatic carbocycles. The molecule has 0 aliphatic heterocycles. The van der Waals surface area contributed by atoms with E-state index >= 15 is 0 Å². The largest absolute Gasteiger partial charge is 0.500 e. The fourth-order valence-corrected chi connectivity index (χ4v) is 3.01. The zero-order chi connectivity index (χ0) is 11.7. The van der Waals surface area contributed by atoms with Gasteiger partial charge in [-0.25, -0.2) is 0 Å². The molecule has 0 spiro atoms. The molecular weight excluding hydrogens is 210 g/mol. The van der Waals surface area contributed by atoms with Crippen LogP contribution in [0, 0.1) is 0 Å². The summed E-state index contributed by atoms with van der Waals surface area (Å²) in [5.74, 6) is 0. The molecule has 15 heavy (non-hydrogen) atoms. The lowest BCUT2D eigenvalue weighted by Crippen LogP contribution is -2.43. The minimum absolute atomic E-state index is 0.833. The average Bonchev–Trinajstić information content (AvgIpc) is 2.24. The first-order chi connectivity index (χ1) is 7.10. The molecule has 5 heteroatoms. The molecule has 0 fully saturated rings. The summed E-state index contributed by atoms with van der Waals surface area (Å²) in [4.78, 5) is 0. The smallest absolute Gasteiger partial charge is 0.377 e. The molecule has 0 amide bonds. The lowest BCUT2D eigenvalue weighted by Gasteiger charge is -2.24. The molecule has 0 aromatic rings. The highest BCUT2D eigenvalue weighted by Crippen LogP contribution is 2.14. The SMILES string of the molecule is C=C(C)CNCCC[Si](OC)(OC)OC. The van der Waals surface area contributed by atoms with Gasteiger partial charge in [0.2, 0.25) is 0 Å². The van der Waals surface area contributed by atoms with Crippen LogP contribution >= 0.6 is 0 Å². The second-order valence-electron chi connectivity index (χ2n) is 3.53. The fourth-order valence-electron chi connectivity index (χ4n) is 1.29. The third-order valence-electron chi connectivity index (χ3n) is 2.20. The summed E-state index contributed by atoms with van der Waals surface area (Å²) < 4.78 is 15.9. The van der Waals surface area contributed by atoms with Gasteiger partial charge in [-0.05, 0) is 19.9 Å². The van der Waals surface area contributed by atoms with Gasteiger partial charge in [-0.15, -0.1) is 0 Å².